The summed E-state index contributed by atoms with van der Waals surface area (Å²) in [5.41, 5.74) is -1.37. The Morgan fingerprint density at radius 3 is 1.25 bits per heavy atom. The standard InChI is InChI=1S/C44H88NO6P/c1-6-8-10-12-14-16-18-20-22-24-26-28-30-32-34-36-38-44(43(47)42-46,51-52(48,49)50-41-40-45(3,4)5)39-37-35-33-31-29-27-25-23-21-19-17-15-13-11-9-7-2/h20-23,43,46-47H,6-19,24-42H2,1-5H3/b22-20-,23-21-. The first-order valence-corrected chi connectivity index (χ1v) is 23.5. The van der Waals surface area contributed by atoms with Crippen molar-refractivity contribution in [3.8, 4) is 0 Å². The van der Waals surface area contributed by atoms with E-state index in [1.807, 2.05) is 21.1 Å². The van der Waals surface area contributed by atoms with Crippen LogP contribution < -0.4 is 4.89 Å². The highest BCUT2D eigenvalue weighted by Gasteiger charge is 2.41. The number of nitrogens with zero attached hydrogens (tertiary/aromatic N) is 1. The van der Waals surface area contributed by atoms with Gasteiger partial charge in [-0.2, -0.15) is 0 Å². The van der Waals surface area contributed by atoms with Gasteiger partial charge in [-0.25, -0.2) is 0 Å². The molecule has 0 aliphatic rings. The molecule has 0 rings (SSSR count). The topological polar surface area (TPSA) is 99.1 Å². The van der Waals surface area contributed by atoms with Gasteiger partial charge in [-0.05, 0) is 64.2 Å². The second-order valence-corrected chi connectivity index (χ2v) is 17.9. The third-order valence-corrected chi connectivity index (χ3v) is 11.4. The highest BCUT2D eigenvalue weighted by Crippen LogP contribution is 2.48. The molecule has 0 radical (unpaired) electrons. The summed E-state index contributed by atoms with van der Waals surface area (Å²) in [5.74, 6) is 0. The van der Waals surface area contributed by atoms with Gasteiger partial charge in [-0.15, -0.1) is 0 Å². The number of unbranched alkanes of at least 4 members (excludes halogenated alkanes) is 24. The summed E-state index contributed by atoms with van der Waals surface area (Å²) in [4.78, 5) is 13.1. The Morgan fingerprint density at radius 2 is 0.923 bits per heavy atom. The average molecular weight is 758 g/mol. The zero-order valence-corrected chi connectivity index (χ0v) is 36.0. The second kappa shape index (κ2) is 34.9. The molecule has 52 heavy (non-hydrogen) atoms. The van der Waals surface area contributed by atoms with Crippen LogP contribution in [0.1, 0.15) is 206 Å². The largest absolute Gasteiger partial charge is 0.756 e. The molecule has 0 aromatic rings. The van der Waals surface area contributed by atoms with Crippen LogP contribution in [0.2, 0.25) is 0 Å². The number of hydrogen-bond donors (Lipinski definition) is 2. The molecule has 0 aliphatic heterocycles. The van der Waals surface area contributed by atoms with Crippen LogP contribution in [0.3, 0.4) is 0 Å². The first-order valence-electron chi connectivity index (χ1n) is 22.1. The molecule has 0 spiro atoms. The van der Waals surface area contributed by atoms with E-state index in [4.69, 9.17) is 9.05 Å². The lowest BCUT2D eigenvalue weighted by Crippen LogP contribution is -2.47. The number of hydrogen-bond acceptors (Lipinski definition) is 6. The molecular formula is C44H88NO6P. The molecule has 2 atom stereocenters. The van der Waals surface area contributed by atoms with E-state index in [1.165, 1.54) is 116 Å². The maximum atomic E-state index is 13.1. The number of likely N-dealkylation sites (N-methyl/N-ethyl adjacent to an activating group) is 1. The van der Waals surface area contributed by atoms with Crippen molar-refractivity contribution in [2.24, 2.45) is 0 Å². The van der Waals surface area contributed by atoms with Crippen LogP contribution in [0.4, 0.5) is 0 Å². The second-order valence-electron chi connectivity index (χ2n) is 16.5. The summed E-state index contributed by atoms with van der Waals surface area (Å²) in [6, 6.07) is 0. The van der Waals surface area contributed by atoms with Crippen LogP contribution in [0, 0.1) is 0 Å². The molecule has 8 heteroatoms. The normalized spacial score (nSPS) is 14.5. The monoisotopic (exact) mass is 758 g/mol. The predicted molar refractivity (Wildman–Crippen MR) is 222 cm³/mol. The predicted octanol–water partition coefficient (Wildman–Crippen LogP) is 12.1. The van der Waals surface area contributed by atoms with E-state index in [9.17, 15) is 19.7 Å². The van der Waals surface area contributed by atoms with Crippen molar-refractivity contribution in [2.45, 2.75) is 218 Å². The van der Waals surface area contributed by atoms with Crippen molar-refractivity contribution in [2.75, 3.05) is 40.9 Å². The molecule has 0 aliphatic carbocycles. The lowest BCUT2D eigenvalue weighted by Gasteiger charge is -2.42. The van der Waals surface area contributed by atoms with E-state index in [2.05, 4.69) is 38.2 Å². The van der Waals surface area contributed by atoms with Crippen LogP contribution in [0.25, 0.3) is 0 Å². The van der Waals surface area contributed by atoms with E-state index in [-0.39, 0.29) is 6.61 Å². The number of aliphatic hydroxyl groups is 2. The molecule has 310 valence electrons. The van der Waals surface area contributed by atoms with Crippen molar-refractivity contribution < 1.29 is 33.2 Å². The summed E-state index contributed by atoms with van der Waals surface area (Å²) in [7, 11) is 1.23. The molecule has 2 unspecified atom stereocenters. The number of allylic oxidation sites excluding steroid dienone is 4. The van der Waals surface area contributed by atoms with Gasteiger partial charge in [0, 0.05) is 0 Å². The lowest BCUT2D eigenvalue weighted by atomic mass is 9.85. The number of phosphoric acid groups is 1. The molecule has 7 nitrogen and oxygen atoms in total. The maximum Gasteiger partial charge on any atom is 0.268 e. The van der Waals surface area contributed by atoms with Crippen LogP contribution >= 0.6 is 7.82 Å². The third kappa shape index (κ3) is 32.9. The van der Waals surface area contributed by atoms with Crippen LogP contribution in [-0.4, -0.2) is 67.3 Å². The number of quaternary nitrogens is 1. The zero-order chi connectivity index (χ0) is 38.7. The fourth-order valence-electron chi connectivity index (χ4n) is 6.80. The molecule has 0 saturated carbocycles. The minimum absolute atomic E-state index is 0.0120. The Morgan fingerprint density at radius 1 is 0.596 bits per heavy atom. The molecule has 2 N–H and O–H groups in total. The molecule has 0 heterocycles. The van der Waals surface area contributed by atoms with Crippen molar-refractivity contribution in [1.29, 1.82) is 0 Å². The van der Waals surface area contributed by atoms with E-state index in [0.29, 0.717) is 23.9 Å². The quantitative estimate of drug-likeness (QED) is 0.0279. The van der Waals surface area contributed by atoms with Gasteiger partial charge >= 0.3 is 0 Å². The first kappa shape index (κ1) is 51.5. The van der Waals surface area contributed by atoms with Crippen molar-refractivity contribution in [3.63, 3.8) is 0 Å². The third-order valence-electron chi connectivity index (χ3n) is 10.3. The Labute approximate surface area is 323 Å². The summed E-state index contributed by atoms with van der Waals surface area (Å²) in [6.07, 6.45) is 42.2. The minimum Gasteiger partial charge on any atom is -0.756 e. The minimum atomic E-state index is -4.69. The zero-order valence-electron chi connectivity index (χ0n) is 35.1. The lowest BCUT2D eigenvalue weighted by molar-refractivity contribution is -0.870. The van der Waals surface area contributed by atoms with Crippen LogP contribution in [0.15, 0.2) is 24.3 Å². The number of rotatable bonds is 40. The number of phosphoric ester groups is 1. The van der Waals surface area contributed by atoms with Crippen molar-refractivity contribution in [1.82, 2.24) is 0 Å². The van der Waals surface area contributed by atoms with E-state index in [0.717, 1.165) is 64.2 Å². The maximum absolute atomic E-state index is 13.1. The summed E-state index contributed by atoms with van der Waals surface area (Å²) in [5, 5.41) is 21.1. The van der Waals surface area contributed by atoms with Crippen molar-refractivity contribution >= 4 is 7.82 Å². The molecule has 0 bridgehead atoms. The van der Waals surface area contributed by atoms with Gasteiger partial charge in [0.25, 0.3) is 7.82 Å². The van der Waals surface area contributed by atoms with Gasteiger partial charge in [0.15, 0.2) is 0 Å². The SMILES string of the molecule is CCCCCCCC/C=C\CCCCCCCCC(CCCCCCCC/C=C\CCCCCCCC)(OP(=O)([O-])OCC[N+](C)(C)C)C(O)CO. The van der Waals surface area contributed by atoms with E-state index < -0.39 is 26.1 Å². The summed E-state index contributed by atoms with van der Waals surface area (Å²) >= 11 is 0. The molecule has 0 amide bonds. The molecule has 0 saturated heterocycles. The molecule has 0 aromatic carbocycles. The van der Waals surface area contributed by atoms with Gasteiger partial charge < -0.3 is 28.6 Å². The summed E-state index contributed by atoms with van der Waals surface area (Å²) in [6.45, 7) is 4.50. The first-order chi connectivity index (χ1) is 25.0. The van der Waals surface area contributed by atoms with Gasteiger partial charge in [0.1, 0.15) is 24.9 Å². The van der Waals surface area contributed by atoms with Crippen LogP contribution in [-0.2, 0) is 13.6 Å². The van der Waals surface area contributed by atoms with Crippen LogP contribution in [0.5, 0.6) is 0 Å². The summed E-state index contributed by atoms with van der Waals surface area (Å²) < 4.78 is 24.7. The molecule has 0 fully saturated rings. The fourth-order valence-corrected chi connectivity index (χ4v) is 7.90. The van der Waals surface area contributed by atoms with E-state index in [1.54, 1.807) is 0 Å². The Balaban J connectivity index is 4.70. The Bertz CT molecular complexity index is 831. The fraction of sp³-hybridized carbons (Fsp3) is 0.909. The Hall–Kier alpha value is -0.530. The molecular weight excluding hydrogens is 669 g/mol. The number of aliphatic hydroxyl groups excluding tert-OH is 2. The molecule has 0 aromatic heterocycles. The van der Waals surface area contributed by atoms with Gasteiger partial charge in [-0.1, -0.05) is 167 Å². The Kier molecular flexibility index (Phi) is 34.6. The van der Waals surface area contributed by atoms with E-state index >= 15 is 0 Å². The highest BCUT2D eigenvalue weighted by molar-refractivity contribution is 7.45. The van der Waals surface area contributed by atoms with Gasteiger partial charge in [0.2, 0.25) is 0 Å². The van der Waals surface area contributed by atoms with Crippen molar-refractivity contribution in [3.05, 3.63) is 24.3 Å². The van der Waals surface area contributed by atoms with Gasteiger partial charge in [0.05, 0.1) is 27.7 Å². The smallest absolute Gasteiger partial charge is 0.268 e. The highest BCUT2D eigenvalue weighted by atomic mass is 31.2. The van der Waals surface area contributed by atoms with Gasteiger partial charge in [-0.3, -0.25) is 4.57 Å². The average Bonchev–Trinajstić information content (AvgIpc) is 3.09.